The summed E-state index contributed by atoms with van der Waals surface area (Å²) in [5.74, 6) is 0. The molecule has 21 heavy (non-hydrogen) atoms. The summed E-state index contributed by atoms with van der Waals surface area (Å²) >= 11 is 5.51. The average molecular weight is 366 g/mol. The lowest BCUT2D eigenvalue weighted by molar-refractivity contribution is 0.536. The van der Waals surface area contributed by atoms with Crippen LogP contribution in [-0.2, 0) is 6.42 Å². The fraction of sp³-hybridized carbons (Fsp3) is 0.444. The minimum absolute atomic E-state index is 0.404. The molecule has 114 valence electrons. The largest absolute Gasteiger partial charge is 0.309 e. The zero-order chi connectivity index (χ0) is 15.4. The summed E-state index contributed by atoms with van der Waals surface area (Å²) in [6.45, 7) is 9.80. The van der Waals surface area contributed by atoms with Crippen molar-refractivity contribution in [3.63, 3.8) is 0 Å². The van der Waals surface area contributed by atoms with Gasteiger partial charge in [0, 0.05) is 10.9 Å². The van der Waals surface area contributed by atoms with E-state index in [1.807, 2.05) is 11.3 Å². The van der Waals surface area contributed by atoms with Crippen LogP contribution in [0.4, 0.5) is 0 Å². The average Bonchev–Trinajstić information content (AvgIpc) is 2.73. The van der Waals surface area contributed by atoms with Crippen LogP contribution >= 0.6 is 27.3 Å². The van der Waals surface area contributed by atoms with Gasteiger partial charge >= 0.3 is 0 Å². The van der Waals surface area contributed by atoms with Gasteiger partial charge < -0.3 is 5.32 Å². The van der Waals surface area contributed by atoms with E-state index in [-0.39, 0.29) is 0 Å². The Balaban J connectivity index is 2.23. The van der Waals surface area contributed by atoms with Gasteiger partial charge in [-0.15, -0.1) is 11.3 Å². The Labute approximate surface area is 140 Å². The maximum absolute atomic E-state index is 3.70. The molecule has 0 saturated carbocycles. The highest BCUT2D eigenvalue weighted by Gasteiger charge is 2.15. The molecule has 1 atom stereocenters. The second kappa shape index (κ2) is 7.57. The number of hydrogen-bond donors (Lipinski definition) is 1. The van der Waals surface area contributed by atoms with Crippen LogP contribution in [0.15, 0.2) is 28.1 Å². The van der Waals surface area contributed by atoms with Crippen molar-refractivity contribution in [3.05, 3.63) is 55.2 Å². The molecule has 1 N–H and O–H groups in total. The minimum atomic E-state index is 0.404. The summed E-state index contributed by atoms with van der Waals surface area (Å²) in [6.07, 6.45) is 2.21. The van der Waals surface area contributed by atoms with E-state index < -0.39 is 0 Å². The molecule has 1 aromatic carbocycles. The van der Waals surface area contributed by atoms with Crippen LogP contribution in [0.25, 0.3) is 0 Å². The Hall–Kier alpha value is -0.640. The minimum Gasteiger partial charge on any atom is -0.309 e. The molecule has 3 heteroatoms. The highest BCUT2D eigenvalue weighted by atomic mass is 79.9. The van der Waals surface area contributed by atoms with Gasteiger partial charge in [0.15, 0.2) is 0 Å². The van der Waals surface area contributed by atoms with Gasteiger partial charge in [0.25, 0.3) is 0 Å². The van der Waals surface area contributed by atoms with Crippen molar-refractivity contribution in [2.45, 2.75) is 46.6 Å². The molecule has 1 nitrogen and oxygen atoms in total. The van der Waals surface area contributed by atoms with Gasteiger partial charge in [0.05, 0.1) is 3.79 Å². The van der Waals surface area contributed by atoms with Gasteiger partial charge in [-0.3, -0.25) is 0 Å². The number of thiophene rings is 1. The molecule has 1 unspecified atom stereocenters. The molecule has 0 saturated heterocycles. The highest BCUT2D eigenvalue weighted by Crippen LogP contribution is 2.33. The molecule has 2 aromatic rings. The van der Waals surface area contributed by atoms with Crippen molar-refractivity contribution in [1.29, 1.82) is 0 Å². The van der Waals surface area contributed by atoms with E-state index in [4.69, 9.17) is 0 Å². The number of halogens is 1. The second-order valence-electron chi connectivity index (χ2n) is 5.81. The van der Waals surface area contributed by atoms with Gasteiger partial charge in [-0.1, -0.05) is 36.2 Å². The lowest BCUT2D eigenvalue weighted by atomic mass is 10.00. The first-order valence-electron chi connectivity index (χ1n) is 7.56. The van der Waals surface area contributed by atoms with Crippen molar-refractivity contribution in [2.75, 3.05) is 6.54 Å². The number of hydrogen-bond acceptors (Lipinski definition) is 2. The standard InChI is InChI=1S/C18H24BrNS/c1-5-6-20-16(17-10-14(4)18(19)21-17)11-15-8-12(2)7-13(3)9-15/h7-10,16,20H,5-6,11H2,1-4H3. The van der Waals surface area contributed by atoms with Gasteiger partial charge in [-0.25, -0.2) is 0 Å². The van der Waals surface area contributed by atoms with Crippen molar-refractivity contribution in [1.82, 2.24) is 5.32 Å². The topological polar surface area (TPSA) is 12.0 Å². The molecule has 0 spiro atoms. The van der Waals surface area contributed by atoms with Gasteiger partial charge in [-0.2, -0.15) is 0 Å². The van der Waals surface area contributed by atoms with E-state index in [2.05, 4.69) is 73.2 Å². The molecular formula is C18H24BrNS. The fourth-order valence-corrected chi connectivity index (χ4v) is 4.32. The van der Waals surface area contributed by atoms with Crippen LogP contribution < -0.4 is 5.32 Å². The zero-order valence-corrected chi connectivity index (χ0v) is 15.7. The smallest absolute Gasteiger partial charge is 0.0731 e. The molecule has 1 heterocycles. The van der Waals surface area contributed by atoms with Gasteiger partial charge in [0.2, 0.25) is 0 Å². The van der Waals surface area contributed by atoms with Crippen molar-refractivity contribution < 1.29 is 0 Å². The van der Waals surface area contributed by atoms with Crippen LogP contribution in [0.3, 0.4) is 0 Å². The summed E-state index contributed by atoms with van der Waals surface area (Å²) in [4.78, 5) is 1.42. The molecule has 2 rings (SSSR count). The number of nitrogens with one attached hydrogen (secondary N) is 1. The number of rotatable bonds is 6. The second-order valence-corrected chi connectivity index (χ2v) is 8.21. The molecule has 0 fully saturated rings. The lowest BCUT2D eigenvalue weighted by Gasteiger charge is -2.18. The molecular weight excluding hydrogens is 342 g/mol. The van der Waals surface area contributed by atoms with Crippen molar-refractivity contribution in [3.8, 4) is 0 Å². The van der Waals surface area contributed by atoms with Crippen LogP contribution in [0.5, 0.6) is 0 Å². The Bertz CT molecular complexity index is 564. The zero-order valence-electron chi connectivity index (χ0n) is 13.3. The third-order valence-electron chi connectivity index (χ3n) is 3.58. The normalized spacial score (nSPS) is 12.6. The Morgan fingerprint density at radius 3 is 2.29 bits per heavy atom. The fourth-order valence-electron chi connectivity index (χ4n) is 2.67. The molecule has 0 amide bonds. The first-order chi connectivity index (χ1) is 9.99. The van der Waals surface area contributed by atoms with Crippen LogP contribution in [0, 0.1) is 20.8 Å². The van der Waals surface area contributed by atoms with E-state index in [1.165, 1.54) is 30.9 Å². The molecule has 0 aliphatic heterocycles. The van der Waals surface area contributed by atoms with E-state index in [9.17, 15) is 0 Å². The molecule has 0 radical (unpaired) electrons. The molecule has 1 aromatic heterocycles. The summed E-state index contributed by atoms with van der Waals surface area (Å²) in [7, 11) is 0. The Kier molecular flexibility index (Phi) is 6.03. The Morgan fingerprint density at radius 1 is 1.10 bits per heavy atom. The van der Waals surface area contributed by atoms with Crippen LogP contribution in [0.2, 0.25) is 0 Å². The third-order valence-corrected chi connectivity index (χ3v) is 5.83. The highest BCUT2D eigenvalue weighted by molar-refractivity contribution is 9.11. The van der Waals surface area contributed by atoms with Gasteiger partial charge in [-0.05, 0) is 73.3 Å². The molecule has 0 bridgehead atoms. The van der Waals surface area contributed by atoms with Crippen LogP contribution in [-0.4, -0.2) is 6.54 Å². The monoisotopic (exact) mass is 365 g/mol. The Morgan fingerprint density at radius 2 is 1.76 bits per heavy atom. The molecule has 0 aliphatic rings. The summed E-state index contributed by atoms with van der Waals surface area (Å²) in [5, 5.41) is 3.70. The van der Waals surface area contributed by atoms with E-state index in [1.54, 1.807) is 0 Å². The third kappa shape index (κ3) is 4.67. The first-order valence-corrected chi connectivity index (χ1v) is 9.17. The van der Waals surface area contributed by atoms with E-state index >= 15 is 0 Å². The predicted octanol–water partition coefficient (Wildman–Crippen LogP) is 5.72. The van der Waals surface area contributed by atoms with Gasteiger partial charge in [0.1, 0.15) is 0 Å². The maximum Gasteiger partial charge on any atom is 0.0731 e. The maximum atomic E-state index is 3.70. The predicted molar refractivity (Wildman–Crippen MR) is 97.4 cm³/mol. The summed E-state index contributed by atoms with van der Waals surface area (Å²) in [5.41, 5.74) is 5.45. The van der Waals surface area contributed by atoms with Crippen molar-refractivity contribution in [2.24, 2.45) is 0 Å². The molecule has 0 aliphatic carbocycles. The summed E-state index contributed by atoms with van der Waals surface area (Å²) < 4.78 is 1.25. The van der Waals surface area contributed by atoms with Crippen molar-refractivity contribution >= 4 is 27.3 Å². The van der Waals surface area contributed by atoms with E-state index in [0.29, 0.717) is 6.04 Å². The first kappa shape index (κ1) is 16.7. The quantitative estimate of drug-likeness (QED) is 0.690. The van der Waals surface area contributed by atoms with Crippen LogP contribution in [0.1, 0.15) is 46.5 Å². The number of aryl methyl sites for hydroxylation is 3. The SMILES string of the molecule is CCCNC(Cc1cc(C)cc(C)c1)c1cc(C)c(Br)s1. The lowest BCUT2D eigenvalue weighted by Crippen LogP contribution is -2.23. The summed E-state index contributed by atoms with van der Waals surface area (Å²) in [6, 6.07) is 9.57. The number of benzene rings is 1. The van der Waals surface area contributed by atoms with E-state index in [0.717, 1.165) is 19.4 Å².